The highest BCUT2D eigenvalue weighted by Crippen LogP contribution is 2.39. The summed E-state index contributed by atoms with van der Waals surface area (Å²) in [5, 5.41) is 0. The zero-order chi connectivity index (χ0) is 20.9. The van der Waals surface area contributed by atoms with Gasteiger partial charge >= 0.3 is 5.97 Å². The molecule has 3 rings (SSSR count). The summed E-state index contributed by atoms with van der Waals surface area (Å²) >= 11 is 0. The van der Waals surface area contributed by atoms with Crippen LogP contribution in [0.1, 0.15) is 32.3 Å². The number of piperidine rings is 1. The molecule has 2 aromatic carbocycles. The van der Waals surface area contributed by atoms with Crippen molar-refractivity contribution < 1.29 is 14.3 Å². The molecule has 0 N–H and O–H groups in total. The molecule has 2 aromatic rings. The molecule has 1 aliphatic rings. The van der Waals surface area contributed by atoms with Crippen molar-refractivity contribution in [1.82, 2.24) is 4.90 Å². The Labute approximate surface area is 173 Å². The average Bonchev–Trinajstić information content (AvgIpc) is 2.76. The first kappa shape index (κ1) is 21.1. The summed E-state index contributed by atoms with van der Waals surface area (Å²) in [6.07, 6.45) is 0.863. The molecule has 1 heterocycles. The van der Waals surface area contributed by atoms with Crippen LogP contribution in [0.5, 0.6) is 0 Å². The molecule has 5 heteroatoms. The number of para-hydroxylation sites is 1. The van der Waals surface area contributed by atoms with Crippen molar-refractivity contribution in [2.75, 3.05) is 25.1 Å². The van der Waals surface area contributed by atoms with Crippen LogP contribution in [0, 0.1) is 5.92 Å². The number of amides is 1. The summed E-state index contributed by atoms with van der Waals surface area (Å²) in [6, 6.07) is 19.8. The Morgan fingerprint density at radius 2 is 1.72 bits per heavy atom. The summed E-state index contributed by atoms with van der Waals surface area (Å²) in [4.78, 5) is 30.3. The fourth-order valence-corrected chi connectivity index (χ4v) is 4.43. The molecular weight excluding hydrogens is 364 g/mol. The Morgan fingerprint density at radius 1 is 1.10 bits per heavy atom. The van der Waals surface area contributed by atoms with Crippen LogP contribution in [0.2, 0.25) is 0 Å². The summed E-state index contributed by atoms with van der Waals surface area (Å²) in [5.74, 6) is -0.483. The van der Waals surface area contributed by atoms with Crippen LogP contribution >= 0.6 is 0 Å². The number of carbonyl (C=O) groups excluding carboxylic acids is 2. The molecule has 1 fully saturated rings. The molecule has 2 atom stereocenters. The number of ether oxygens (including phenoxy) is 1. The predicted octanol–water partition coefficient (Wildman–Crippen LogP) is 3.88. The smallest absolute Gasteiger partial charge is 0.332 e. The Hall–Kier alpha value is -2.66. The molecule has 5 nitrogen and oxygen atoms in total. The van der Waals surface area contributed by atoms with Gasteiger partial charge in [-0.25, -0.2) is 4.79 Å². The van der Waals surface area contributed by atoms with Crippen molar-refractivity contribution in [1.29, 1.82) is 0 Å². The number of carbonyl (C=O) groups is 2. The lowest BCUT2D eigenvalue weighted by Gasteiger charge is -2.50. The molecule has 29 heavy (non-hydrogen) atoms. The van der Waals surface area contributed by atoms with Gasteiger partial charge in [0.1, 0.15) is 5.54 Å². The highest BCUT2D eigenvalue weighted by Gasteiger charge is 2.54. The van der Waals surface area contributed by atoms with E-state index >= 15 is 0 Å². The first-order valence-electron chi connectivity index (χ1n) is 10.3. The van der Waals surface area contributed by atoms with Crippen molar-refractivity contribution in [3.63, 3.8) is 0 Å². The highest BCUT2D eigenvalue weighted by atomic mass is 16.5. The van der Waals surface area contributed by atoms with Crippen molar-refractivity contribution >= 4 is 17.6 Å². The third-order valence-electron chi connectivity index (χ3n) is 5.91. The summed E-state index contributed by atoms with van der Waals surface area (Å²) < 4.78 is 5.26. The number of hydrogen-bond acceptors (Lipinski definition) is 4. The minimum absolute atomic E-state index is 0.0649. The van der Waals surface area contributed by atoms with E-state index in [1.54, 1.807) is 4.90 Å². The standard InChI is InChI=1S/C24H30N2O3/c1-4-22(27)26(21-13-9-6-10-14-21)24(23(28)29-3)15-16-25(17-19(24)2)18-20-11-7-5-8-12-20/h5-14,19H,4,15-18H2,1-3H3/t19-,24-/m1/s1. The number of anilines is 1. The van der Waals surface area contributed by atoms with Crippen LogP contribution < -0.4 is 4.90 Å². The molecule has 0 radical (unpaired) electrons. The molecule has 0 spiro atoms. The number of benzene rings is 2. The van der Waals surface area contributed by atoms with E-state index in [9.17, 15) is 9.59 Å². The van der Waals surface area contributed by atoms with Gasteiger partial charge in [0.25, 0.3) is 0 Å². The van der Waals surface area contributed by atoms with Gasteiger partial charge in [-0.2, -0.15) is 0 Å². The number of likely N-dealkylation sites (tertiary alicyclic amines) is 1. The van der Waals surface area contributed by atoms with Crippen LogP contribution in [0.4, 0.5) is 5.69 Å². The third-order valence-corrected chi connectivity index (χ3v) is 5.91. The molecular formula is C24H30N2O3. The van der Waals surface area contributed by atoms with E-state index in [-0.39, 0.29) is 17.8 Å². The van der Waals surface area contributed by atoms with Crippen LogP contribution in [0.15, 0.2) is 60.7 Å². The number of hydrogen-bond donors (Lipinski definition) is 0. The lowest BCUT2D eigenvalue weighted by molar-refractivity contribution is -0.153. The van der Waals surface area contributed by atoms with E-state index in [4.69, 9.17) is 4.74 Å². The van der Waals surface area contributed by atoms with E-state index in [0.717, 1.165) is 12.2 Å². The minimum atomic E-state index is -1.00. The van der Waals surface area contributed by atoms with Crippen LogP contribution in [0.25, 0.3) is 0 Å². The molecule has 0 saturated carbocycles. The second-order valence-corrected chi connectivity index (χ2v) is 7.71. The number of rotatable bonds is 6. The third kappa shape index (κ3) is 4.20. The number of methoxy groups -OCH3 is 1. The molecule has 0 aromatic heterocycles. The van der Waals surface area contributed by atoms with Crippen molar-refractivity contribution in [3.05, 3.63) is 66.2 Å². The number of nitrogens with zero attached hydrogens (tertiary/aromatic N) is 2. The summed E-state index contributed by atoms with van der Waals surface area (Å²) in [5.41, 5.74) is 0.985. The first-order chi connectivity index (χ1) is 14.0. The SMILES string of the molecule is CCC(=O)N(c1ccccc1)[C@]1(C(=O)OC)CCN(Cc2ccccc2)C[C@H]1C. The first-order valence-corrected chi connectivity index (χ1v) is 10.3. The van der Waals surface area contributed by atoms with Gasteiger partial charge < -0.3 is 4.74 Å². The lowest BCUT2D eigenvalue weighted by atomic mass is 9.76. The van der Waals surface area contributed by atoms with Crippen molar-refractivity contribution in [2.45, 2.75) is 38.8 Å². The molecule has 1 aliphatic heterocycles. The van der Waals surface area contributed by atoms with Gasteiger partial charge in [-0.15, -0.1) is 0 Å². The normalized spacial score (nSPS) is 22.1. The maximum absolute atomic E-state index is 13.2. The van der Waals surface area contributed by atoms with Gasteiger partial charge in [0, 0.05) is 37.7 Å². The van der Waals surface area contributed by atoms with E-state index in [1.807, 2.05) is 62.4 Å². The fourth-order valence-electron chi connectivity index (χ4n) is 4.43. The summed E-state index contributed by atoms with van der Waals surface area (Å²) in [7, 11) is 1.41. The molecule has 0 aliphatic carbocycles. The molecule has 154 valence electrons. The van der Waals surface area contributed by atoms with Crippen molar-refractivity contribution in [3.8, 4) is 0 Å². The fraction of sp³-hybridized carbons (Fsp3) is 0.417. The average molecular weight is 395 g/mol. The largest absolute Gasteiger partial charge is 0.467 e. The van der Waals surface area contributed by atoms with E-state index in [2.05, 4.69) is 17.0 Å². The predicted molar refractivity (Wildman–Crippen MR) is 114 cm³/mol. The summed E-state index contributed by atoms with van der Waals surface area (Å²) in [6.45, 7) is 6.14. The van der Waals surface area contributed by atoms with Gasteiger partial charge in [0.2, 0.25) is 5.91 Å². The minimum Gasteiger partial charge on any atom is -0.467 e. The van der Waals surface area contributed by atoms with Gasteiger partial charge in [-0.3, -0.25) is 14.6 Å². The van der Waals surface area contributed by atoms with Crippen LogP contribution in [-0.4, -0.2) is 42.5 Å². The Kier molecular flexibility index (Phi) is 6.70. The second-order valence-electron chi connectivity index (χ2n) is 7.71. The zero-order valence-corrected chi connectivity index (χ0v) is 17.5. The Balaban J connectivity index is 1.94. The Bertz CT molecular complexity index is 825. The molecule has 0 unspecified atom stereocenters. The monoisotopic (exact) mass is 394 g/mol. The van der Waals surface area contributed by atoms with Gasteiger partial charge in [-0.05, 0) is 24.1 Å². The highest BCUT2D eigenvalue weighted by molar-refractivity contribution is 6.02. The zero-order valence-electron chi connectivity index (χ0n) is 17.5. The molecule has 1 amide bonds. The van der Waals surface area contributed by atoms with Crippen LogP contribution in [0.3, 0.4) is 0 Å². The molecule has 0 bridgehead atoms. The topological polar surface area (TPSA) is 49.9 Å². The van der Waals surface area contributed by atoms with Gasteiger partial charge in [-0.1, -0.05) is 62.4 Å². The Morgan fingerprint density at radius 3 is 2.28 bits per heavy atom. The maximum Gasteiger partial charge on any atom is 0.332 e. The maximum atomic E-state index is 13.2. The van der Waals surface area contributed by atoms with Crippen molar-refractivity contribution in [2.24, 2.45) is 5.92 Å². The molecule has 1 saturated heterocycles. The second kappa shape index (κ2) is 9.23. The van der Waals surface area contributed by atoms with E-state index in [1.165, 1.54) is 12.7 Å². The van der Waals surface area contributed by atoms with Gasteiger partial charge in [0.05, 0.1) is 7.11 Å². The van der Waals surface area contributed by atoms with E-state index in [0.29, 0.717) is 25.9 Å². The number of esters is 1. The van der Waals surface area contributed by atoms with Gasteiger partial charge in [0.15, 0.2) is 0 Å². The quantitative estimate of drug-likeness (QED) is 0.698. The lowest BCUT2D eigenvalue weighted by Crippen LogP contribution is -2.66. The van der Waals surface area contributed by atoms with E-state index < -0.39 is 5.54 Å². The van der Waals surface area contributed by atoms with Crippen LogP contribution in [-0.2, 0) is 20.9 Å².